The van der Waals surface area contributed by atoms with Gasteiger partial charge in [0, 0.05) is 28.8 Å². The molecule has 1 aliphatic rings. The number of rotatable bonds is 9. The van der Waals surface area contributed by atoms with Gasteiger partial charge in [-0.25, -0.2) is 4.98 Å². The van der Waals surface area contributed by atoms with Crippen LogP contribution in [0.4, 0.5) is 0 Å². The summed E-state index contributed by atoms with van der Waals surface area (Å²) in [6.45, 7) is 4.05. The number of ketones is 1. The summed E-state index contributed by atoms with van der Waals surface area (Å²) < 4.78 is 16.4. The lowest BCUT2D eigenvalue weighted by atomic mass is 9.94. The molecule has 1 saturated heterocycles. The smallest absolute Gasteiger partial charge is 0.295 e. The fourth-order valence-corrected chi connectivity index (χ4v) is 4.14. The quantitative estimate of drug-likeness (QED) is 0.199. The van der Waals surface area contributed by atoms with Crippen LogP contribution in [0.5, 0.6) is 17.2 Å². The van der Waals surface area contributed by atoms with Crippen LogP contribution in [-0.2, 0) is 16.1 Å². The number of benzene rings is 2. The SMILES string of the molecule is C=CCOc1ccc(/C([O-])=C2\C(=O)C(=O)N(Cc3ccc[nH+]c3)C2c2ccc(OC)cc2OC)cc1. The second kappa shape index (κ2) is 10.8. The number of aromatic amines is 1. The van der Waals surface area contributed by atoms with Gasteiger partial charge in [0.05, 0.1) is 26.8 Å². The number of carbonyl (C=O) groups excluding carboxylic acids is 2. The summed E-state index contributed by atoms with van der Waals surface area (Å²) in [6.07, 6.45) is 5.10. The van der Waals surface area contributed by atoms with Gasteiger partial charge in [0.2, 0.25) is 5.78 Å². The molecule has 1 amide bonds. The van der Waals surface area contributed by atoms with Crippen LogP contribution in [0.25, 0.3) is 5.76 Å². The maximum absolute atomic E-state index is 13.7. The Morgan fingerprint density at radius 1 is 1.08 bits per heavy atom. The van der Waals surface area contributed by atoms with Gasteiger partial charge in [0.25, 0.3) is 5.91 Å². The number of H-pyrrole nitrogens is 1. The highest BCUT2D eigenvalue weighted by atomic mass is 16.5. The van der Waals surface area contributed by atoms with Crippen LogP contribution in [-0.4, -0.2) is 37.4 Å². The van der Waals surface area contributed by atoms with Gasteiger partial charge in [-0.2, -0.15) is 0 Å². The molecule has 1 fully saturated rings. The maximum Gasteiger partial charge on any atom is 0.295 e. The van der Waals surface area contributed by atoms with Crippen LogP contribution in [0.2, 0.25) is 0 Å². The van der Waals surface area contributed by atoms with E-state index in [1.165, 1.54) is 19.1 Å². The van der Waals surface area contributed by atoms with Crippen molar-refractivity contribution in [2.75, 3.05) is 20.8 Å². The number of aromatic nitrogens is 1. The largest absolute Gasteiger partial charge is 0.872 e. The molecule has 1 aromatic heterocycles. The molecule has 1 unspecified atom stereocenters. The molecule has 4 rings (SSSR count). The minimum absolute atomic E-state index is 0.118. The average Bonchev–Trinajstić information content (AvgIpc) is 3.16. The van der Waals surface area contributed by atoms with Crippen molar-refractivity contribution in [2.45, 2.75) is 12.6 Å². The molecule has 8 nitrogen and oxygen atoms in total. The first kappa shape index (κ1) is 24.5. The second-order valence-corrected chi connectivity index (χ2v) is 8.05. The molecular formula is C28H26N2O6. The Bertz CT molecular complexity index is 1300. The summed E-state index contributed by atoms with van der Waals surface area (Å²) in [5.41, 5.74) is 1.41. The lowest BCUT2D eigenvalue weighted by Crippen LogP contribution is -2.29. The van der Waals surface area contributed by atoms with Gasteiger partial charge in [-0.3, -0.25) is 9.59 Å². The van der Waals surface area contributed by atoms with Crippen LogP contribution < -0.4 is 24.3 Å². The minimum Gasteiger partial charge on any atom is -0.872 e. The highest BCUT2D eigenvalue weighted by molar-refractivity contribution is 6.46. The zero-order valence-electron chi connectivity index (χ0n) is 20.0. The predicted octanol–water partition coefficient (Wildman–Crippen LogP) is 2.51. The van der Waals surface area contributed by atoms with E-state index in [4.69, 9.17) is 14.2 Å². The first-order valence-corrected chi connectivity index (χ1v) is 11.3. The standard InChI is InChI=1S/C28H26N2O6/c1-4-14-36-20-9-7-19(8-10-20)26(31)24-25(22-12-11-21(34-2)15-23(22)35-3)30(28(33)27(24)32)17-18-6-5-13-29-16-18/h4-13,15-16,25,31H,1,14,17H2,2-3H3/b26-24+. The number of hydrogen-bond acceptors (Lipinski definition) is 6. The van der Waals surface area contributed by atoms with Gasteiger partial charge in [-0.15, -0.1) is 0 Å². The summed E-state index contributed by atoms with van der Waals surface area (Å²) >= 11 is 0. The molecule has 0 saturated carbocycles. The Morgan fingerprint density at radius 3 is 2.47 bits per heavy atom. The predicted molar refractivity (Wildman–Crippen MR) is 130 cm³/mol. The highest BCUT2D eigenvalue weighted by Crippen LogP contribution is 2.43. The van der Waals surface area contributed by atoms with E-state index in [1.54, 1.807) is 67.0 Å². The number of pyridine rings is 1. The number of carbonyl (C=O) groups is 2. The van der Waals surface area contributed by atoms with Crippen molar-refractivity contribution in [3.05, 3.63) is 102 Å². The van der Waals surface area contributed by atoms with Crippen LogP contribution >= 0.6 is 0 Å². The van der Waals surface area contributed by atoms with Crippen molar-refractivity contribution in [1.82, 2.24) is 4.90 Å². The van der Waals surface area contributed by atoms with E-state index in [0.29, 0.717) is 29.4 Å². The Balaban J connectivity index is 1.85. The summed E-state index contributed by atoms with van der Waals surface area (Å²) in [5.74, 6) is -0.636. The molecule has 0 spiro atoms. The highest BCUT2D eigenvalue weighted by Gasteiger charge is 2.45. The third kappa shape index (κ3) is 4.79. The van der Waals surface area contributed by atoms with E-state index in [2.05, 4.69) is 11.6 Å². The molecule has 3 aromatic rings. The van der Waals surface area contributed by atoms with Crippen molar-refractivity contribution in [3.8, 4) is 17.2 Å². The van der Waals surface area contributed by atoms with Gasteiger partial charge in [-0.1, -0.05) is 30.5 Å². The fourth-order valence-electron chi connectivity index (χ4n) is 4.14. The van der Waals surface area contributed by atoms with E-state index in [9.17, 15) is 14.7 Å². The average molecular weight is 487 g/mol. The van der Waals surface area contributed by atoms with Gasteiger partial charge in [-0.05, 0) is 35.9 Å². The van der Waals surface area contributed by atoms with Crippen LogP contribution in [0, 0.1) is 0 Å². The van der Waals surface area contributed by atoms with Crippen molar-refractivity contribution in [3.63, 3.8) is 0 Å². The summed E-state index contributed by atoms with van der Waals surface area (Å²) in [7, 11) is 3.01. The maximum atomic E-state index is 13.7. The topological polar surface area (TPSA) is 102 Å². The Hall–Kier alpha value is -4.59. The van der Waals surface area contributed by atoms with E-state index in [0.717, 1.165) is 5.56 Å². The number of hydrogen-bond donors (Lipinski definition) is 0. The molecule has 2 heterocycles. The normalized spacial score (nSPS) is 16.6. The van der Waals surface area contributed by atoms with Crippen molar-refractivity contribution in [2.24, 2.45) is 0 Å². The number of Topliss-reactive ketones (excluding diaryl/α,β-unsaturated/α-hetero) is 1. The van der Waals surface area contributed by atoms with Gasteiger partial charge >= 0.3 is 0 Å². The van der Waals surface area contributed by atoms with Gasteiger partial charge < -0.3 is 24.2 Å². The Morgan fingerprint density at radius 2 is 1.83 bits per heavy atom. The number of ether oxygens (including phenoxy) is 3. The molecule has 0 radical (unpaired) electrons. The zero-order chi connectivity index (χ0) is 25.7. The monoisotopic (exact) mass is 486 g/mol. The van der Waals surface area contributed by atoms with Crippen LogP contribution in [0.1, 0.15) is 22.7 Å². The lowest BCUT2D eigenvalue weighted by Gasteiger charge is -2.28. The molecule has 8 heteroatoms. The summed E-state index contributed by atoms with van der Waals surface area (Å²) in [5, 5.41) is 13.7. The third-order valence-electron chi connectivity index (χ3n) is 5.87. The third-order valence-corrected chi connectivity index (χ3v) is 5.87. The number of nitrogens with one attached hydrogen (secondary N) is 1. The van der Waals surface area contributed by atoms with Gasteiger partial charge in [0.1, 0.15) is 23.9 Å². The van der Waals surface area contributed by atoms with E-state index in [1.807, 2.05) is 6.07 Å². The van der Waals surface area contributed by atoms with E-state index < -0.39 is 23.5 Å². The van der Waals surface area contributed by atoms with Crippen molar-refractivity contribution >= 4 is 17.4 Å². The first-order valence-electron chi connectivity index (χ1n) is 11.3. The minimum atomic E-state index is -0.949. The molecule has 184 valence electrons. The van der Waals surface area contributed by atoms with E-state index >= 15 is 0 Å². The summed E-state index contributed by atoms with van der Waals surface area (Å²) in [6, 6.07) is 14.2. The number of likely N-dealkylation sites (tertiary alicyclic amines) is 1. The molecule has 1 aliphatic heterocycles. The van der Waals surface area contributed by atoms with Crippen LogP contribution in [0.15, 0.2) is 85.2 Å². The number of amides is 1. The molecule has 1 N–H and O–H groups in total. The second-order valence-electron chi connectivity index (χ2n) is 8.05. The molecule has 0 aliphatic carbocycles. The fraction of sp³-hybridized carbons (Fsp3) is 0.179. The van der Waals surface area contributed by atoms with E-state index in [-0.39, 0.29) is 17.7 Å². The molecule has 1 atom stereocenters. The van der Waals surface area contributed by atoms with Crippen molar-refractivity contribution < 1.29 is 33.9 Å². The molecule has 36 heavy (non-hydrogen) atoms. The Labute approximate surface area is 209 Å². The molecule has 2 aromatic carbocycles. The summed E-state index contributed by atoms with van der Waals surface area (Å²) in [4.78, 5) is 30.9. The number of methoxy groups -OCH3 is 2. The molecular weight excluding hydrogens is 460 g/mol. The molecule has 0 bridgehead atoms. The van der Waals surface area contributed by atoms with Crippen LogP contribution in [0.3, 0.4) is 0 Å². The zero-order valence-corrected chi connectivity index (χ0v) is 20.0. The number of nitrogens with zero attached hydrogens (tertiary/aromatic N) is 1. The Kier molecular flexibility index (Phi) is 7.34. The van der Waals surface area contributed by atoms with Gasteiger partial charge in [0.15, 0.2) is 12.4 Å². The first-order chi connectivity index (χ1) is 17.5. The van der Waals surface area contributed by atoms with Crippen molar-refractivity contribution in [1.29, 1.82) is 0 Å². The lowest BCUT2D eigenvalue weighted by molar-refractivity contribution is -0.378.